The molecule has 0 radical (unpaired) electrons. The van der Waals surface area contributed by atoms with Crippen LogP contribution in [-0.2, 0) is 11.2 Å². The number of hydrogen-bond donors (Lipinski definition) is 2. The standard InChI is InChI=1S/C12H12F3NO4/c1-20-9-3-2-8(10(17)18)6-7(9)4-5-16-11(19)12(13,14)15/h2-3,6H,4-5H2,1H3,(H,16,19)(H,17,18). The summed E-state index contributed by atoms with van der Waals surface area (Å²) in [6.07, 6.45) is -4.92. The normalized spacial score (nSPS) is 11.0. The quantitative estimate of drug-likeness (QED) is 0.864. The monoisotopic (exact) mass is 291 g/mol. The molecule has 0 saturated carbocycles. The molecule has 0 heterocycles. The number of rotatable bonds is 5. The molecule has 2 N–H and O–H groups in total. The van der Waals surface area contributed by atoms with Crippen LogP contribution in [-0.4, -0.2) is 36.8 Å². The Morgan fingerprint density at radius 1 is 1.35 bits per heavy atom. The van der Waals surface area contributed by atoms with Crippen molar-refractivity contribution < 1.29 is 32.6 Å². The highest BCUT2D eigenvalue weighted by molar-refractivity contribution is 5.88. The largest absolute Gasteiger partial charge is 0.496 e. The van der Waals surface area contributed by atoms with E-state index in [0.29, 0.717) is 11.3 Å². The number of ether oxygens (including phenoxy) is 1. The van der Waals surface area contributed by atoms with Crippen LogP contribution in [0.4, 0.5) is 13.2 Å². The maximum absolute atomic E-state index is 12.0. The highest BCUT2D eigenvalue weighted by Gasteiger charge is 2.38. The van der Waals surface area contributed by atoms with E-state index in [2.05, 4.69) is 0 Å². The molecule has 0 aliphatic rings. The minimum absolute atomic E-state index is 0.0112. The molecular weight excluding hydrogens is 279 g/mol. The SMILES string of the molecule is COc1ccc(C(=O)O)cc1CCNC(=O)C(F)(F)F. The van der Waals surface area contributed by atoms with Gasteiger partial charge in [0.1, 0.15) is 5.75 Å². The second-order valence-corrected chi connectivity index (χ2v) is 3.84. The zero-order valence-electron chi connectivity index (χ0n) is 10.5. The summed E-state index contributed by atoms with van der Waals surface area (Å²) >= 11 is 0. The van der Waals surface area contributed by atoms with Crippen LogP contribution in [0.1, 0.15) is 15.9 Å². The van der Waals surface area contributed by atoms with Gasteiger partial charge in [-0.2, -0.15) is 13.2 Å². The van der Waals surface area contributed by atoms with E-state index < -0.39 is 18.1 Å². The average Bonchev–Trinajstić information content (AvgIpc) is 2.37. The molecule has 0 aliphatic heterocycles. The number of methoxy groups -OCH3 is 1. The molecule has 110 valence electrons. The number of carboxylic acids is 1. The van der Waals surface area contributed by atoms with Gasteiger partial charge in [-0.15, -0.1) is 0 Å². The third kappa shape index (κ3) is 4.15. The number of halogens is 3. The molecule has 0 saturated heterocycles. The number of aromatic carboxylic acids is 1. The number of carbonyl (C=O) groups excluding carboxylic acids is 1. The summed E-state index contributed by atoms with van der Waals surface area (Å²) in [5, 5.41) is 10.5. The Morgan fingerprint density at radius 3 is 2.50 bits per heavy atom. The summed E-state index contributed by atoms with van der Waals surface area (Å²) in [6.45, 7) is -0.280. The molecule has 0 bridgehead atoms. The van der Waals surface area contributed by atoms with Crippen LogP contribution in [0.15, 0.2) is 18.2 Å². The van der Waals surface area contributed by atoms with E-state index in [1.807, 2.05) is 0 Å². The fourth-order valence-electron chi connectivity index (χ4n) is 1.52. The molecule has 0 spiro atoms. The molecule has 0 fully saturated rings. The second kappa shape index (κ2) is 6.27. The Labute approximate surface area is 112 Å². The zero-order valence-corrected chi connectivity index (χ0v) is 10.5. The van der Waals surface area contributed by atoms with Gasteiger partial charge < -0.3 is 15.2 Å². The molecular formula is C12H12F3NO4. The topological polar surface area (TPSA) is 75.6 Å². The van der Waals surface area contributed by atoms with E-state index in [1.165, 1.54) is 25.3 Å². The molecule has 0 aromatic heterocycles. The van der Waals surface area contributed by atoms with Crippen molar-refractivity contribution in [1.29, 1.82) is 0 Å². The Balaban J connectivity index is 2.74. The second-order valence-electron chi connectivity index (χ2n) is 3.84. The van der Waals surface area contributed by atoms with Crippen molar-refractivity contribution in [3.63, 3.8) is 0 Å². The van der Waals surface area contributed by atoms with Crippen LogP contribution < -0.4 is 10.1 Å². The molecule has 1 amide bonds. The van der Waals surface area contributed by atoms with Crippen molar-refractivity contribution in [2.75, 3.05) is 13.7 Å². The van der Waals surface area contributed by atoms with Crippen molar-refractivity contribution in [2.45, 2.75) is 12.6 Å². The van der Waals surface area contributed by atoms with Gasteiger partial charge in [0.15, 0.2) is 0 Å². The van der Waals surface area contributed by atoms with E-state index in [-0.39, 0.29) is 18.5 Å². The number of hydrogen-bond acceptors (Lipinski definition) is 3. The molecule has 1 aromatic carbocycles. The Morgan fingerprint density at radius 2 is 2.00 bits per heavy atom. The smallest absolute Gasteiger partial charge is 0.471 e. The number of alkyl halides is 3. The summed E-state index contributed by atoms with van der Waals surface area (Å²) in [6, 6.07) is 4.02. The molecule has 0 aliphatic carbocycles. The first-order chi connectivity index (χ1) is 9.25. The van der Waals surface area contributed by atoms with Gasteiger partial charge in [0.25, 0.3) is 0 Å². The Bertz CT molecular complexity index is 514. The molecule has 20 heavy (non-hydrogen) atoms. The van der Waals surface area contributed by atoms with Gasteiger partial charge in [0, 0.05) is 6.54 Å². The van der Waals surface area contributed by atoms with E-state index in [1.54, 1.807) is 5.32 Å². The Hall–Kier alpha value is -2.25. The maximum atomic E-state index is 12.0. The molecule has 5 nitrogen and oxygen atoms in total. The van der Waals surface area contributed by atoms with Crippen LogP contribution in [0.5, 0.6) is 5.75 Å². The maximum Gasteiger partial charge on any atom is 0.471 e. The summed E-state index contributed by atoms with van der Waals surface area (Å²) in [5.74, 6) is -2.85. The molecule has 1 rings (SSSR count). The highest BCUT2D eigenvalue weighted by atomic mass is 19.4. The third-order valence-electron chi connectivity index (χ3n) is 2.46. The van der Waals surface area contributed by atoms with Crippen LogP contribution >= 0.6 is 0 Å². The first-order valence-corrected chi connectivity index (χ1v) is 5.51. The lowest BCUT2D eigenvalue weighted by Gasteiger charge is -2.11. The number of nitrogens with one attached hydrogen (secondary N) is 1. The molecule has 8 heteroatoms. The van der Waals surface area contributed by atoms with Gasteiger partial charge in [-0.3, -0.25) is 4.79 Å². The van der Waals surface area contributed by atoms with Crippen LogP contribution in [0.25, 0.3) is 0 Å². The predicted octanol–water partition coefficient (Wildman–Crippen LogP) is 1.61. The van der Waals surface area contributed by atoms with Crippen molar-refractivity contribution in [1.82, 2.24) is 5.32 Å². The van der Waals surface area contributed by atoms with Crippen LogP contribution in [0.2, 0.25) is 0 Å². The van der Waals surface area contributed by atoms with Gasteiger partial charge in [-0.05, 0) is 30.2 Å². The van der Waals surface area contributed by atoms with E-state index in [9.17, 15) is 22.8 Å². The summed E-state index contributed by atoms with van der Waals surface area (Å²) < 4.78 is 40.9. The fraction of sp³-hybridized carbons (Fsp3) is 0.333. The van der Waals surface area contributed by atoms with Crippen molar-refractivity contribution in [3.05, 3.63) is 29.3 Å². The van der Waals surface area contributed by atoms with Gasteiger partial charge in [-0.1, -0.05) is 0 Å². The lowest BCUT2D eigenvalue weighted by Crippen LogP contribution is -2.37. The summed E-state index contributed by atoms with van der Waals surface area (Å²) in [7, 11) is 1.35. The lowest BCUT2D eigenvalue weighted by molar-refractivity contribution is -0.173. The number of carbonyl (C=O) groups is 2. The third-order valence-corrected chi connectivity index (χ3v) is 2.46. The summed E-state index contributed by atoms with van der Waals surface area (Å²) in [4.78, 5) is 21.4. The van der Waals surface area contributed by atoms with Crippen LogP contribution in [0.3, 0.4) is 0 Å². The Kier molecular flexibility index (Phi) is 4.95. The van der Waals surface area contributed by atoms with Crippen molar-refractivity contribution in [2.24, 2.45) is 0 Å². The first kappa shape index (κ1) is 15.8. The van der Waals surface area contributed by atoms with Crippen molar-refractivity contribution in [3.8, 4) is 5.75 Å². The highest BCUT2D eigenvalue weighted by Crippen LogP contribution is 2.20. The zero-order chi connectivity index (χ0) is 15.3. The first-order valence-electron chi connectivity index (χ1n) is 5.51. The van der Waals surface area contributed by atoms with E-state index in [4.69, 9.17) is 9.84 Å². The molecule has 0 atom stereocenters. The van der Waals surface area contributed by atoms with Gasteiger partial charge in [0.2, 0.25) is 0 Å². The number of amides is 1. The van der Waals surface area contributed by atoms with Crippen molar-refractivity contribution >= 4 is 11.9 Å². The molecule has 1 aromatic rings. The minimum Gasteiger partial charge on any atom is -0.496 e. The number of benzene rings is 1. The predicted molar refractivity (Wildman–Crippen MR) is 62.7 cm³/mol. The van der Waals surface area contributed by atoms with Gasteiger partial charge in [0.05, 0.1) is 12.7 Å². The van der Waals surface area contributed by atoms with E-state index in [0.717, 1.165) is 0 Å². The van der Waals surface area contributed by atoms with Gasteiger partial charge in [-0.25, -0.2) is 4.79 Å². The van der Waals surface area contributed by atoms with E-state index >= 15 is 0 Å². The number of carboxylic acid groups (broad SMARTS) is 1. The summed E-state index contributed by atoms with van der Waals surface area (Å²) in [5.41, 5.74) is 0.387. The average molecular weight is 291 g/mol. The van der Waals surface area contributed by atoms with Gasteiger partial charge >= 0.3 is 18.1 Å². The molecule has 0 unspecified atom stereocenters. The fourth-order valence-corrected chi connectivity index (χ4v) is 1.52. The van der Waals surface area contributed by atoms with Crippen LogP contribution in [0, 0.1) is 0 Å². The minimum atomic E-state index is -4.94. The lowest BCUT2D eigenvalue weighted by atomic mass is 10.1.